The van der Waals surface area contributed by atoms with Crippen molar-refractivity contribution in [2.45, 2.75) is 33.1 Å². The molecule has 1 amide bonds. The number of carboxylic acid groups (broad SMARTS) is 1. The molecule has 0 unspecified atom stereocenters. The predicted octanol–water partition coefficient (Wildman–Crippen LogP) is 2.88. The average Bonchev–Trinajstić information content (AvgIpc) is 2.32. The summed E-state index contributed by atoms with van der Waals surface area (Å²) in [5.74, 6) is -1.43. The van der Waals surface area contributed by atoms with Gasteiger partial charge in [-0.15, -0.1) is 0 Å². The topological polar surface area (TPSA) is 69.2 Å². The first-order valence-corrected chi connectivity index (χ1v) is 6.96. The highest BCUT2D eigenvalue weighted by molar-refractivity contribution is 6.42. The van der Waals surface area contributed by atoms with Crippen molar-refractivity contribution >= 4 is 40.8 Å². The van der Waals surface area contributed by atoms with Crippen LogP contribution in [0.5, 0.6) is 0 Å². The van der Waals surface area contributed by atoms with E-state index in [0.29, 0.717) is 22.2 Å². The van der Waals surface area contributed by atoms with Crippen molar-refractivity contribution in [3.05, 3.63) is 28.2 Å². The number of anilines is 1. The molecule has 1 aromatic carbocycles. The molecular formula is C14H16Cl2NO3-. The van der Waals surface area contributed by atoms with E-state index in [1.165, 1.54) is 0 Å². The third kappa shape index (κ3) is 5.02. The highest BCUT2D eigenvalue weighted by Gasteiger charge is 2.26. The zero-order chi connectivity index (χ0) is 15.3. The lowest BCUT2D eigenvalue weighted by Crippen LogP contribution is -2.33. The quantitative estimate of drug-likeness (QED) is 0.877. The second kappa shape index (κ2) is 6.95. The standard InChI is InChI=1S/C14H17Cl2NO3/c1-3-14(2,8-13(19)20)7-12(18)17-9-4-5-10(15)11(16)6-9/h4-6H,3,7-8H2,1-2H3,(H,17,18)(H,19,20)/p-1/t14-/m0/s1. The van der Waals surface area contributed by atoms with Gasteiger partial charge in [0.05, 0.1) is 10.0 Å². The van der Waals surface area contributed by atoms with Gasteiger partial charge in [0.15, 0.2) is 0 Å². The Kier molecular flexibility index (Phi) is 5.84. The number of amides is 1. The lowest BCUT2D eigenvalue weighted by Gasteiger charge is -2.28. The van der Waals surface area contributed by atoms with Gasteiger partial charge in [0.1, 0.15) is 0 Å². The lowest BCUT2D eigenvalue weighted by atomic mass is 9.80. The highest BCUT2D eigenvalue weighted by atomic mass is 35.5. The minimum absolute atomic E-state index is 0.0950. The molecule has 6 heteroatoms. The second-order valence-electron chi connectivity index (χ2n) is 5.07. The molecule has 0 spiro atoms. The molecule has 1 aromatic rings. The van der Waals surface area contributed by atoms with Crippen LogP contribution in [0.1, 0.15) is 33.1 Å². The smallest absolute Gasteiger partial charge is 0.224 e. The maximum absolute atomic E-state index is 12.0. The van der Waals surface area contributed by atoms with Gasteiger partial charge in [-0.3, -0.25) is 4.79 Å². The number of hydrogen-bond donors (Lipinski definition) is 1. The van der Waals surface area contributed by atoms with E-state index in [1.54, 1.807) is 25.1 Å². The van der Waals surface area contributed by atoms with E-state index in [4.69, 9.17) is 23.2 Å². The van der Waals surface area contributed by atoms with Crippen LogP contribution in [0.3, 0.4) is 0 Å². The van der Waals surface area contributed by atoms with Crippen molar-refractivity contribution in [1.29, 1.82) is 0 Å². The molecule has 0 aliphatic carbocycles. The van der Waals surface area contributed by atoms with Crippen LogP contribution in [0.25, 0.3) is 0 Å². The second-order valence-corrected chi connectivity index (χ2v) is 5.88. The Labute approximate surface area is 128 Å². The fraction of sp³-hybridized carbons (Fsp3) is 0.429. The number of halogens is 2. The van der Waals surface area contributed by atoms with Gasteiger partial charge in [-0.05, 0) is 36.5 Å². The Balaban J connectivity index is 2.70. The molecule has 0 heterocycles. The molecule has 4 nitrogen and oxygen atoms in total. The van der Waals surface area contributed by atoms with Crippen molar-refractivity contribution < 1.29 is 14.7 Å². The molecule has 0 aliphatic heterocycles. The van der Waals surface area contributed by atoms with Crippen molar-refractivity contribution in [2.75, 3.05) is 5.32 Å². The number of carbonyl (C=O) groups is 2. The minimum atomic E-state index is -1.16. The normalized spacial score (nSPS) is 13.6. The SMILES string of the molecule is CC[C@](C)(CC(=O)[O-])CC(=O)Nc1ccc(Cl)c(Cl)c1. The third-order valence-corrected chi connectivity index (χ3v) is 3.95. The van der Waals surface area contributed by atoms with Crippen LogP contribution in [0.2, 0.25) is 10.0 Å². The monoisotopic (exact) mass is 316 g/mol. The molecule has 0 saturated heterocycles. The summed E-state index contributed by atoms with van der Waals surface area (Å²) in [4.78, 5) is 22.7. The molecule has 110 valence electrons. The van der Waals surface area contributed by atoms with E-state index in [2.05, 4.69) is 5.32 Å². The van der Waals surface area contributed by atoms with Gasteiger partial charge < -0.3 is 15.2 Å². The summed E-state index contributed by atoms with van der Waals surface area (Å²) in [6, 6.07) is 4.76. The number of benzene rings is 1. The van der Waals surface area contributed by atoms with E-state index in [1.807, 2.05) is 6.92 Å². The van der Waals surface area contributed by atoms with E-state index in [-0.39, 0.29) is 18.7 Å². The van der Waals surface area contributed by atoms with Crippen LogP contribution < -0.4 is 10.4 Å². The summed E-state index contributed by atoms with van der Waals surface area (Å²) >= 11 is 11.6. The first-order valence-electron chi connectivity index (χ1n) is 6.20. The summed E-state index contributed by atoms with van der Waals surface area (Å²) in [7, 11) is 0. The molecular weight excluding hydrogens is 301 g/mol. The first kappa shape index (κ1) is 16.8. The van der Waals surface area contributed by atoms with Gasteiger partial charge in [0.2, 0.25) is 5.91 Å². The summed E-state index contributed by atoms with van der Waals surface area (Å²) < 4.78 is 0. The number of aliphatic carboxylic acids is 1. The van der Waals surface area contributed by atoms with E-state index in [0.717, 1.165) is 0 Å². The van der Waals surface area contributed by atoms with Gasteiger partial charge in [-0.2, -0.15) is 0 Å². The Morgan fingerprint density at radius 3 is 2.40 bits per heavy atom. The van der Waals surface area contributed by atoms with Crippen LogP contribution in [0.4, 0.5) is 5.69 Å². The largest absolute Gasteiger partial charge is 0.550 e. The molecule has 0 aliphatic rings. The van der Waals surface area contributed by atoms with E-state index >= 15 is 0 Å². The fourth-order valence-electron chi connectivity index (χ4n) is 1.83. The Morgan fingerprint density at radius 2 is 1.90 bits per heavy atom. The van der Waals surface area contributed by atoms with Gasteiger partial charge in [-0.1, -0.05) is 37.0 Å². The Bertz CT molecular complexity index is 519. The van der Waals surface area contributed by atoms with Crippen LogP contribution in [0, 0.1) is 5.41 Å². The van der Waals surface area contributed by atoms with Crippen molar-refractivity contribution in [3.8, 4) is 0 Å². The summed E-state index contributed by atoms with van der Waals surface area (Å²) in [6.07, 6.45) is 0.506. The van der Waals surface area contributed by atoms with Crippen molar-refractivity contribution in [3.63, 3.8) is 0 Å². The number of carboxylic acids is 1. The summed E-state index contributed by atoms with van der Waals surface area (Å²) in [5, 5.41) is 14.1. The maximum Gasteiger partial charge on any atom is 0.224 e. The average molecular weight is 317 g/mol. The van der Waals surface area contributed by atoms with Gasteiger partial charge in [0.25, 0.3) is 0 Å². The number of hydrogen-bond acceptors (Lipinski definition) is 3. The molecule has 1 atom stereocenters. The Morgan fingerprint density at radius 1 is 1.25 bits per heavy atom. The van der Waals surface area contributed by atoms with E-state index in [9.17, 15) is 14.7 Å². The van der Waals surface area contributed by atoms with Crippen molar-refractivity contribution in [1.82, 2.24) is 0 Å². The van der Waals surface area contributed by atoms with Gasteiger partial charge in [-0.25, -0.2) is 0 Å². The fourth-order valence-corrected chi connectivity index (χ4v) is 2.13. The molecule has 1 rings (SSSR count). The van der Waals surface area contributed by atoms with Gasteiger partial charge in [0, 0.05) is 18.1 Å². The van der Waals surface area contributed by atoms with Gasteiger partial charge >= 0.3 is 0 Å². The summed E-state index contributed by atoms with van der Waals surface area (Å²) in [5.41, 5.74) is -0.102. The molecule has 0 fully saturated rings. The number of nitrogens with one attached hydrogen (secondary N) is 1. The van der Waals surface area contributed by atoms with Crippen LogP contribution in [-0.4, -0.2) is 11.9 Å². The minimum Gasteiger partial charge on any atom is -0.550 e. The van der Waals surface area contributed by atoms with Crippen LogP contribution in [0.15, 0.2) is 18.2 Å². The molecule has 1 N–H and O–H groups in total. The van der Waals surface area contributed by atoms with Crippen molar-refractivity contribution in [2.24, 2.45) is 5.41 Å². The predicted molar refractivity (Wildman–Crippen MR) is 77.7 cm³/mol. The van der Waals surface area contributed by atoms with Crippen LogP contribution >= 0.6 is 23.2 Å². The van der Waals surface area contributed by atoms with Crippen LogP contribution in [-0.2, 0) is 9.59 Å². The molecule has 0 bridgehead atoms. The molecule has 0 radical (unpaired) electrons. The lowest BCUT2D eigenvalue weighted by molar-refractivity contribution is -0.308. The van der Waals surface area contributed by atoms with E-state index < -0.39 is 11.4 Å². The molecule has 0 saturated carbocycles. The molecule has 20 heavy (non-hydrogen) atoms. The zero-order valence-electron chi connectivity index (χ0n) is 11.3. The molecule has 0 aromatic heterocycles. The zero-order valence-corrected chi connectivity index (χ0v) is 12.8. The summed E-state index contributed by atoms with van der Waals surface area (Å²) in [6.45, 7) is 3.59. The first-order chi connectivity index (χ1) is 9.25. The maximum atomic E-state index is 12.0. The number of carbonyl (C=O) groups excluding carboxylic acids is 2. The third-order valence-electron chi connectivity index (χ3n) is 3.22. The Hall–Kier alpha value is -1.26. The number of rotatable bonds is 6. The highest BCUT2D eigenvalue weighted by Crippen LogP contribution is 2.31.